The summed E-state index contributed by atoms with van der Waals surface area (Å²) in [6, 6.07) is 0. The highest BCUT2D eigenvalue weighted by molar-refractivity contribution is 5.77. The van der Waals surface area contributed by atoms with Gasteiger partial charge in [-0.2, -0.15) is 0 Å². The molecule has 4 aliphatic rings. The molecule has 3 nitrogen and oxygen atoms in total. The molecule has 4 bridgehead atoms. The average Bonchev–Trinajstić information content (AvgIpc) is 2.24. The van der Waals surface area contributed by atoms with Crippen LogP contribution < -0.4 is 5.73 Å². The van der Waals surface area contributed by atoms with Crippen LogP contribution in [0.5, 0.6) is 0 Å². The third kappa shape index (κ3) is 2.07. The Balaban J connectivity index is 1.67. The Morgan fingerprint density at radius 1 is 1.22 bits per heavy atom. The Hall–Kier alpha value is -0.570. The van der Waals surface area contributed by atoms with Gasteiger partial charge in [0.15, 0.2) is 0 Å². The maximum absolute atomic E-state index is 11.1. The average molecular weight is 251 g/mol. The molecule has 0 heterocycles. The van der Waals surface area contributed by atoms with E-state index in [-0.39, 0.29) is 0 Å². The minimum atomic E-state index is -1.04. The zero-order valence-electron chi connectivity index (χ0n) is 11.3. The molecule has 3 heteroatoms. The summed E-state index contributed by atoms with van der Waals surface area (Å²) in [7, 11) is 0. The van der Waals surface area contributed by atoms with E-state index in [9.17, 15) is 4.79 Å². The second-order valence-corrected chi connectivity index (χ2v) is 7.64. The molecule has 0 saturated heterocycles. The van der Waals surface area contributed by atoms with Crippen LogP contribution in [-0.2, 0) is 4.79 Å². The Kier molecular flexibility index (Phi) is 2.74. The number of rotatable bonds is 4. The molecule has 0 aliphatic heterocycles. The number of carboxylic acid groups (broad SMARTS) is 1. The van der Waals surface area contributed by atoms with Gasteiger partial charge in [-0.15, -0.1) is 0 Å². The maximum Gasteiger partial charge on any atom is 0.323 e. The third-order valence-electron chi connectivity index (χ3n) is 5.83. The summed E-state index contributed by atoms with van der Waals surface area (Å²) in [6.45, 7) is 1.66. The molecule has 4 fully saturated rings. The number of aliphatic carboxylic acids is 1. The molecule has 0 aromatic heterocycles. The monoisotopic (exact) mass is 251 g/mol. The first-order valence-electron chi connectivity index (χ1n) is 7.41. The van der Waals surface area contributed by atoms with Gasteiger partial charge in [0.25, 0.3) is 0 Å². The SMILES string of the molecule is CC(N)(CCC12CC3CC(CC(C3)C1)C2)C(=O)O. The third-order valence-corrected chi connectivity index (χ3v) is 5.83. The fraction of sp³-hybridized carbons (Fsp3) is 0.933. The lowest BCUT2D eigenvalue weighted by atomic mass is 9.48. The highest BCUT2D eigenvalue weighted by Gasteiger charge is 2.51. The largest absolute Gasteiger partial charge is 0.480 e. The number of hydrogen-bond donors (Lipinski definition) is 2. The van der Waals surface area contributed by atoms with Crippen molar-refractivity contribution in [2.45, 2.75) is 63.8 Å². The zero-order valence-corrected chi connectivity index (χ0v) is 11.3. The van der Waals surface area contributed by atoms with E-state index in [1.54, 1.807) is 6.92 Å². The number of carbonyl (C=O) groups is 1. The number of hydrogen-bond acceptors (Lipinski definition) is 2. The van der Waals surface area contributed by atoms with E-state index in [0.717, 1.165) is 24.2 Å². The molecule has 3 N–H and O–H groups in total. The van der Waals surface area contributed by atoms with Crippen LogP contribution in [0.3, 0.4) is 0 Å². The van der Waals surface area contributed by atoms with Crippen LogP contribution in [0.15, 0.2) is 0 Å². The van der Waals surface area contributed by atoms with Gasteiger partial charge in [-0.3, -0.25) is 4.79 Å². The Bertz CT molecular complexity index is 326. The van der Waals surface area contributed by atoms with Gasteiger partial charge < -0.3 is 10.8 Å². The van der Waals surface area contributed by atoms with Gasteiger partial charge in [0.2, 0.25) is 0 Å². The van der Waals surface area contributed by atoms with Crippen molar-refractivity contribution in [1.29, 1.82) is 0 Å². The van der Waals surface area contributed by atoms with Crippen molar-refractivity contribution in [3.05, 3.63) is 0 Å². The predicted octanol–water partition coefficient (Wildman–Crippen LogP) is 2.79. The summed E-state index contributed by atoms with van der Waals surface area (Å²) in [5.74, 6) is 1.95. The molecule has 0 spiro atoms. The van der Waals surface area contributed by atoms with Crippen molar-refractivity contribution in [2.75, 3.05) is 0 Å². The fourth-order valence-corrected chi connectivity index (χ4v) is 5.23. The molecule has 0 aromatic rings. The molecule has 1 atom stereocenters. The normalized spacial score (nSPS) is 44.9. The Morgan fingerprint density at radius 2 is 1.67 bits per heavy atom. The summed E-state index contributed by atoms with van der Waals surface area (Å²) in [5.41, 5.74) is 5.30. The van der Waals surface area contributed by atoms with Crippen LogP contribution in [-0.4, -0.2) is 16.6 Å². The van der Waals surface area contributed by atoms with E-state index < -0.39 is 11.5 Å². The van der Waals surface area contributed by atoms with Gasteiger partial charge in [0.1, 0.15) is 5.54 Å². The lowest BCUT2D eigenvalue weighted by molar-refractivity contribution is -0.143. The van der Waals surface area contributed by atoms with Crippen LogP contribution in [0.2, 0.25) is 0 Å². The highest BCUT2D eigenvalue weighted by Crippen LogP contribution is 2.61. The van der Waals surface area contributed by atoms with Crippen molar-refractivity contribution >= 4 is 5.97 Å². The highest BCUT2D eigenvalue weighted by atomic mass is 16.4. The molecule has 0 amide bonds. The molecule has 1 unspecified atom stereocenters. The first-order valence-corrected chi connectivity index (χ1v) is 7.41. The first-order chi connectivity index (χ1) is 8.39. The van der Waals surface area contributed by atoms with Crippen LogP contribution in [0, 0.1) is 23.2 Å². The van der Waals surface area contributed by atoms with Gasteiger partial charge in [-0.05, 0) is 81.5 Å². The van der Waals surface area contributed by atoms with E-state index in [2.05, 4.69) is 0 Å². The van der Waals surface area contributed by atoms with E-state index in [1.165, 1.54) is 38.5 Å². The predicted molar refractivity (Wildman–Crippen MR) is 70.1 cm³/mol. The van der Waals surface area contributed by atoms with Crippen molar-refractivity contribution in [3.8, 4) is 0 Å². The van der Waals surface area contributed by atoms with Crippen LogP contribution in [0.1, 0.15) is 58.3 Å². The fourth-order valence-electron chi connectivity index (χ4n) is 5.23. The summed E-state index contributed by atoms with van der Waals surface area (Å²) in [4.78, 5) is 11.1. The van der Waals surface area contributed by atoms with Crippen molar-refractivity contribution in [3.63, 3.8) is 0 Å². The van der Waals surface area contributed by atoms with E-state index >= 15 is 0 Å². The second-order valence-electron chi connectivity index (χ2n) is 7.64. The quantitative estimate of drug-likeness (QED) is 0.807. The Morgan fingerprint density at radius 3 is 2.06 bits per heavy atom. The standard InChI is InChI=1S/C15H25NO2/c1-14(16,13(17)18)2-3-15-7-10-4-11(8-15)6-12(5-10)9-15/h10-12H,2-9,16H2,1H3,(H,17,18). The smallest absolute Gasteiger partial charge is 0.323 e. The van der Waals surface area contributed by atoms with E-state index in [1.807, 2.05) is 0 Å². The number of carboxylic acids is 1. The van der Waals surface area contributed by atoms with Crippen molar-refractivity contribution in [1.82, 2.24) is 0 Å². The summed E-state index contributed by atoms with van der Waals surface area (Å²) >= 11 is 0. The summed E-state index contributed by atoms with van der Waals surface area (Å²) in [6.07, 6.45) is 10.0. The molecule has 4 aliphatic carbocycles. The topological polar surface area (TPSA) is 63.3 Å². The summed E-state index contributed by atoms with van der Waals surface area (Å²) < 4.78 is 0. The minimum Gasteiger partial charge on any atom is -0.480 e. The zero-order chi connectivity index (χ0) is 13.0. The van der Waals surface area contributed by atoms with Crippen molar-refractivity contribution in [2.24, 2.45) is 28.9 Å². The number of nitrogens with two attached hydrogens (primary N) is 1. The second kappa shape index (κ2) is 3.96. The minimum absolute atomic E-state index is 0.449. The van der Waals surface area contributed by atoms with Gasteiger partial charge in [0, 0.05) is 0 Å². The molecule has 102 valence electrons. The molecule has 4 rings (SSSR count). The van der Waals surface area contributed by atoms with E-state index in [0.29, 0.717) is 11.8 Å². The lowest BCUT2D eigenvalue weighted by Crippen LogP contribution is -2.49. The van der Waals surface area contributed by atoms with Gasteiger partial charge in [-0.1, -0.05) is 0 Å². The molecule has 4 saturated carbocycles. The molecule has 0 aromatic carbocycles. The first kappa shape index (κ1) is 12.5. The van der Waals surface area contributed by atoms with Crippen molar-refractivity contribution < 1.29 is 9.90 Å². The lowest BCUT2D eigenvalue weighted by Gasteiger charge is -2.57. The van der Waals surface area contributed by atoms with Gasteiger partial charge in [0.05, 0.1) is 0 Å². The maximum atomic E-state index is 11.1. The van der Waals surface area contributed by atoms with Gasteiger partial charge >= 0.3 is 5.97 Å². The van der Waals surface area contributed by atoms with Crippen LogP contribution >= 0.6 is 0 Å². The molecular formula is C15H25NO2. The Labute approximate surface area is 109 Å². The summed E-state index contributed by atoms with van der Waals surface area (Å²) in [5, 5.41) is 9.13. The van der Waals surface area contributed by atoms with Crippen LogP contribution in [0.4, 0.5) is 0 Å². The molecule has 18 heavy (non-hydrogen) atoms. The molecular weight excluding hydrogens is 226 g/mol. The molecule has 0 radical (unpaired) electrons. The van der Waals surface area contributed by atoms with Crippen LogP contribution in [0.25, 0.3) is 0 Å². The van der Waals surface area contributed by atoms with E-state index in [4.69, 9.17) is 10.8 Å². The van der Waals surface area contributed by atoms with Gasteiger partial charge in [-0.25, -0.2) is 0 Å².